The highest BCUT2D eigenvalue weighted by atomic mass is 32.2. The summed E-state index contributed by atoms with van der Waals surface area (Å²) in [6, 6.07) is 0. The molecule has 0 saturated heterocycles. The Morgan fingerprint density at radius 1 is 1.10 bits per heavy atom. The van der Waals surface area contributed by atoms with Crippen LogP contribution in [-0.2, 0) is 0 Å². The van der Waals surface area contributed by atoms with Gasteiger partial charge in [-0.05, 0) is 0 Å². The van der Waals surface area contributed by atoms with Gasteiger partial charge in [0.25, 0.3) is 5.97 Å². The molecule has 0 fully saturated rings. The van der Waals surface area contributed by atoms with Crippen LogP contribution >= 0.6 is 37.9 Å². The number of hydrogen-bond acceptors (Lipinski definition) is 6. The fraction of sp³-hybridized carbons (Fsp3) is 1.00. The van der Waals surface area contributed by atoms with Crippen molar-refractivity contribution in [2.24, 2.45) is 5.92 Å². The Morgan fingerprint density at radius 3 is 1.40 bits per heavy atom. The van der Waals surface area contributed by atoms with Crippen LogP contribution in [-0.4, -0.2) is 24.7 Å². The first-order valence-electron chi connectivity index (χ1n) is 2.50. The van der Waals surface area contributed by atoms with Crippen molar-refractivity contribution in [2.45, 2.75) is 16.3 Å². The van der Waals surface area contributed by atoms with E-state index < -0.39 is 15.3 Å². The van der Waals surface area contributed by atoms with E-state index in [1.807, 2.05) is 0 Å². The van der Waals surface area contributed by atoms with Gasteiger partial charge < -0.3 is 15.3 Å². The summed E-state index contributed by atoms with van der Waals surface area (Å²) in [6.07, 6.45) is 0. The second kappa shape index (κ2) is 3.12. The van der Waals surface area contributed by atoms with Crippen LogP contribution in [0.5, 0.6) is 0 Å². The maximum absolute atomic E-state index is 8.59. The molecule has 0 amide bonds. The van der Waals surface area contributed by atoms with Gasteiger partial charge in [0.05, 0.1) is 5.92 Å². The summed E-state index contributed by atoms with van der Waals surface area (Å²) in [6.45, 7) is 1.35. The van der Waals surface area contributed by atoms with Crippen molar-refractivity contribution in [3.05, 3.63) is 0 Å². The van der Waals surface area contributed by atoms with Crippen LogP contribution in [0, 0.1) is 5.92 Å². The first-order valence-corrected chi connectivity index (χ1v) is 3.84. The summed E-state index contributed by atoms with van der Waals surface area (Å²) in [5, 5.41) is 25.8. The van der Waals surface area contributed by atoms with Crippen LogP contribution in [0.15, 0.2) is 0 Å². The molecule has 0 aliphatic rings. The molecular weight excluding hydrogens is 192 g/mol. The van der Waals surface area contributed by atoms with Gasteiger partial charge in [-0.25, -0.2) is 0 Å². The van der Waals surface area contributed by atoms with Crippen molar-refractivity contribution in [2.75, 3.05) is 0 Å². The van der Waals surface area contributed by atoms with Crippen LogP contribution < -0.4 is 0 Å². The summed E-state index contributed by atoms with van der Waals surface area (Å²) in [5.41, 5.74) is 0. The molecule has 3 nitrogen and oxygen atoms in total. The van der Waals surface area contributed by atoms with Crippen molar-refractivity contribution in [1.29, 1.82) is 0 Å². The van der Waals surface area contributed by atoms with E-state index in [2.05, 4.69) is 37.9 Å². The molecule has 62 valence electrons. The molecule has 3 N–H and O–H groups in total. The van der Waals surface area contributed by atoms with Crippen LogP contribution in [0.4, 0.5) is 0 Å². The molecule has 0 aromatic carbocycles. The lowest BCUT2D eigenvalue weighted by Gasteiger charge is -2.30. The maximum atomic E-state index is 8.59. The second-order valence-corrected chi connectivity index (χ2v) is 5.27. The van der Waals surface area contributed by atoms with Crippen molar-refractivity contribution in [3.63, 3.8) is 0 Å². The SMILES string of the molecule is CC(C(O)(O)O)C(S)(S)S. The van der Waals surface area contributed by atoms with E-state index in [1.165, 1.54) is 6.92 Å². The maximum Gasteiger partial charge on any atom is 0.281 e. The minimum Gasteiger partial charge on any atom is -0.343 e. The van der Waals surface area contributed by atoms with Gasteiger partial charge in [0, 0.05) is 0 Å². The molecule has 0 radical (unpaired) electrons. The van der Waals surface area contributed by atoms with Gasteiger partial charge in [-0.3, -0.25) is 0 Å². The average Bonchev–Trinajstić information content (AvgIpc) is 1.59. The lowest BCUT2D eigenvalue weighted by Crippen LogP contribution is -2.42. The van der Waals surface area contributed by atoms with Crippen LogP contribution in [0.3, 0.4) is 0 Å². The third kappa shape index (κ3) is 3.36. The highest BCUT2D eigenvalue weighted by molar-refractivity contribution is 8.17. The molecular formula is C4H10O3S3. The summed E-state index contributed by atoms with van der Waals surface area (Å²) in [5.74, 6) is -3.76. The molecule has 0 heterocycles. The van der Waals surface area contributed by atoms with Crippen molar-refractivity contribution in [1.82, 2.24) is 0 Å². The minimum atomic E-state index is -2.79. The topological polar surface area (TPSA) is 60.7 Å². The smallest absolute Gasteiger partial charge is 0.281 e. The van der Waals surface area contributed by atoms with Crippen molar-refractivity contribution < 1.29 is 15.3 Å². The molecule has 10 heavy (non-hydrogen) atoms. The summed E-state index contributed by atoms with van der Waals surface area (Å²) in [4.78, 5) is 0. The van der Waals surface area contributed by atoms with Gasteiger partial charge in [-0.1, -0.05) is 6.92 Å². The summed E-state index contributed by atoms with van der Waals surface area (Å²) in [7, 11) is 0. The highest BCUT2D eigenvalue weighted by Gasteiger charge is 2.39. The van der Waals surface area contributed by atoms with E-state index in [0.29, 0.717) is 0 Å². The van der Waals surface area contributed by atoms with Gasteiger partial charge in [0.15, 0.2) is 0 Å². The Kier molecular flexibility index (Phi) is 3.41. The predicted octanol–water partition coefficient (Wildman–Crippen LogP) is -0.304. The fourth-order valence-electron chi connectivity index (χ4n) is 0.260. The summed E-state index contributed by atoms with van der Waals surface area (Å²) >= 11 is 11.4. The quantitative estimate of drug-likeness (QED) is 0.275. The van der Waals surface area contributed by atoms with Crippen LogP contribution in [0.1, 0.15) is 6.92 Å². The molecule has 0 saturated carbocycles. The fourth-order valence-corrected chi connectivity index (χ4v) is 0.779. The predicted molar refractivity (Wildman–Crippen MR) is 48.2 cm³/mol. The number of rotatable bonds is 2. The second-order valence-electron chi connectivity index (χ2n) is 2.10. The molecule has 0 bridgehead atoms. The third-order valence-electron chi connectivity index (χ3n) is 1.16. The lowest BCUT2D eigenvalue weighted by atomic mass is 10.2. The van der Waals surface area contributed by atoms with E-state index in [-0.39, 0.29) is 0 Å². The third-order valence-corrected chi connectivity index (χ3v) is 2.32. The first kappa shape index (κ1) is 10.9. The van der Waals surface area contributed by atoms with Crippen molar-refractivity contribution in [3.8, 4) is 0 Å². The average molecular weight is 202 g/mol. The molecule has 0 aromatic heterocycles. The zero-order chi connectivity index (χ0) is 8.58. The van der Waals surface area contributed by atoms with E-state index in [9.17, 15) is 0 Å². The number of hydrogen-bond donors (Lipinski definition) is 6. The largest absolute Gasteiger partial charge is 0.343 e. The zero-order valence-electron chi connectivity index (χ0n) is 5.26. The van der Waals surface area contributed by atoms with Crippen molar-refractivity contribution >= 4 is 37.9 Å². The van der Waals surface area contributed by atoms with Gasteiger partial charge >= 0.3 is 0 Å². The first-order chi connectivity index (χ1) is 4.15. The Labute approximate surface area is 75.7 Å². The van der Waals surface area contributed by atoms with Gasteiger partial charge in [-0.2, -0.15) is 37.9 Å². The van der Waals surface area contributed by atoms with Crippen LogP contribution in [0.25, 0.3) is 0 Å². The standard InChI is InChI=1S/C4H10O3S3/c1-2(3(5,6)7)4(8,9)10/h2,5-10H,1H3. The Bertz CT molecular complexity index is 99.9. The van der Waals surface area contributed by atoms with E-state index in [4.69, 9.17) is 15.3 Å². The van der Waals surface area contributed by atoms with Crippen LogP contribution in [0.2, 0.25) is 0 Å². The molecule has 0 aromatic rings. The Morgan fingerprint density at radius 2 is 1.40 bits per heavy atom. The summed E-state index contributed by atoms with van der Waals surface area (Å²) < 4.78 is -1.22. The number of thiol groups is 3. The van der Waals surface area contributed by atoms with Gasteiger partial charge in [-0.15, -0.1) is 0 Å². The van der Waals surface area contributed by atoms with Gasteiger partial charge in [0.2, 0.25) is 0 Å². The number of aliphatic hydroxyl groups is 3. The lowest BCUT2D eigenvalue weighted by molar-refractivity contribution is -0.337. The monoisotopic (exact) mass is 202 g/mol. The molecule has 0 rings (SSSR count). The Hall–Kier alpha value is 0.930. The van der Waals surface area contributed by atoms with E-state index >= 15 is 0 Å². The Balaban J connectivity index is 4.23. The highest BCUT2D eigenvalue weighted by Crippen LogP contribution is 2.37. The molecule has 0 aliphatic carbocycles. The minimum absolute atomic E-state index is 0.977. The zero-order valence-corrected chi connectivity index (χ0v) is 7.94. The normalized spacial score (nSPS) is 17.1. The molecule has 1 unspecified atom stereocenters. The molecule has 0 aliphatic heterocycles. The molecule has 0 spiro atoms. The van der Waals surface area contributed by atoms with Gasteiger partial charge in [0.1, 0.15) is 3.41 Å². The van der Waals surface area contributed by atoms with E-state index in [0.717, 1.165) is 0 Å². The van der Waals surface area contributed by atoms with E-state index in [1.54, 1.807) is 0 Å². The molecule has 6 heteroatoms. The molecule has 1 atom stereocenters.